The van der Waals surface area contributed by atoms with Gasteiger partial charge in [0.2, 0.25) is 0 Å². The molecule has 166 valence electrons. The Labute approximate surface area is 192 Å². The van der Waals surface area contributed by atoms with Crippen molar-refractivity contribution in [3.05, 3.63) is 57.3 Å². The lowest BCUT2D eigenvalue weighted by molar-refractivity contribution is -0.138. The van der Waals surface area contributed by atoms with Gasteiger partial charge in [0.25, 0.3) is 5.56 Å². The highest BCUT2D eigenvalue weighted by Crippen LogP contribution is 2.32. The summed E-state index contributed by atoms with van der Waals surface area (Å²) in [6.07, 6.45) is 0. The van der Waals surface area contributed by atoms with Crippen molar-refractivity contribution in [2.45, 2.75) is 25.0 Å². The zero-order valence-corrected chi connectivity index (χ0v) is 19.4. The number of ether oxygens (including phenoxy) is 1. The average Bonchev–Trinajstić information content (AvgIpc) is 3.19. The second-order valence-electron chi connectivity index (χ2n) is 7.18. The number of fused-ring (bicyclic) bond motifs is 1. The van der Waals surface area contributed by atoms with E-state index >= 15 is 0 Å². The summed E-state index contributed by atoms with van der Waals surface area (Å²) in [5.74, 6) is -0.222. The van der Waals surface area contributed by atoms with Crippen LogP contribution in [-0.4, -0.2) is 40.0 Å². The van der Waals surface area contributed by atoms with Crippen LogP contribution in [0.25, 0.3) is 21.3 Å². The van der Waals surface area contributed by atoms with E-state index in [9.17, 15) is 14.4 Å². The molecule has 1 aliphatic rings. The van der Waals surface area contributed by atoms with E-state index in [4.69, 9.17) is 4.74 Å². The maximum absolute atomic E-state index is 13.2. The monoisotopic (exact) mass is 470 g/mol. The quantitative estimate of drug-likeness (QED) is 0.326. The fraction of sp³-hybridized carbons (Fsp3) is 0.273. The number of carbonyl (C=O) groups excluding carboxylic acids is 2. The number of aromatic nitrogens is 2. The first kappa shape index (κ1) is 22.1. The normalized spacial score (nSPS) is 16.1. The molecule has 0 unspecified atom stereocenters. The molecule has 0 saturated carbocycles. The van der Waals surface area contributed by atoms with E-state index in [1.807, 2.05) is 35.7 Å². The Morgan fingerprint density at radius 1 is 1.28 bits per heavy atom. The van der Waals surface area contributed by atoms with Crippen LogP contribution >= 0.6 is 23.1 Å². The number of thiophene rings is 1. The van der Waals surface area contributed by atoms with Gasteiger partial charge in [-0.2, -0.15) is 0 Å². The summed E-state index contributed by atoms with van der Waals surface area (Å²) in [5, 5.41) is 8.40. The zero-order chi connectivity index (χ0) is 22.8. The first-order valence-corrected chi connectivity index (χ1v) is 11.9. The van der Waals surface area contributed by atoms with Crippen LogP contribution in [0.3, 0.4) is 0 Å². The van der Waals surface area contributed by atoms with Crippen molar-refractivity contribution in [3.8, 4) is 11.1 Å². The molecule has 0 bridgehead atoms. The molecule has 2 N–H and O–H groups in total. The molecule has 1 atom stereocenters. The molecule has 3 heterocycles. The van der Waals surface area contributed by atoms with Gasteiger partial charge in [0.15, 0.2) is 5.16 Å². The van der Waals surface area contributed by atoms with E-state index in [0.717, 1.165) is 11.1 Å². The van der Waals surface area contributed by atoms with E-state index in [0.29, 0.717) is 26.6 Å². The molecular formula is C22H22N4O4S2. The minimum absolute atomic E-state index is 0.139. The zero-order valence-electron chi connectivity index (χ0n) is 17.8. The molecule has 1 aromatic carbocycles. The van der Waals surface area contributed by atoms with Crippen LogP contribution in [0.4, 0.5) is 4.79 Å². The Morgan fingerprint density at radius 2 is 2.03 bits per heavy atom. The van der Waals surface area contributed by atoms with E-state index in [-0.39, 0.29) is 24.0 Å². The Morgan fingerprint density at radius 3 is 2.75 bits per heavy atom. The van der Waals surface area contributed by atoms with Crippen LogP contribution in [0, 0.1) is 0 Å². The van der Waals surface area contributed by atoms with Crippen molar-refractivity contribution >= 4 is 45.3 Å². The summed E-state index contributed by atoms with van der Waals surface area (Å²) in [6.45, 7) is 3.69. The number of esters is 1. The smallest absolute Gasteiger partial charge is 0.337 e. The molecule has 4 rings (SSSR count). The number of amides is 2. The fourth-order valence-corrected chi connectivity index (χ4v) is 5.47. The highest BCUT2D eigenvalue weighted by Gasteiger charge is 2.30. The molecule has 0 fully saturated rings. The average molecular weight is 471 g/mol. The van der Waals surface area contributed by atoms with Gasteiger partial charge in [0.05, 0.1) is 23.6 Å². The summed E-state index contributed by atoms with van der Waals surface area (Å²) in [5.41, 5.74) is 2.51. The maximum Gasteiger partial charge on any atom is 0.337 e. The number of benzene rings is 1. The minimum Gasteiger partial charge on any atom is -0.463 e. The van der Waals surface area contributed by atoms with Gasteiger partial charge in [-0.3, -0.25) is 9.36 Å². The first-order chi connectivity index (χ1) is 15.4. The van der Waals surface area contributed by atoms with Gasteiger partial charge < -0.3 is 15.4 Å². The molecule has 2 amide bonds. The van der Waals surface area contributed by atoms with Crippen molar-refractivity contribution in [2.75, 3.05) is 12.4 Å². The summed E-state index contributed by atoms with van der Waals surface area (Å²) in [6, 6.07) is 8.87. The van der Waals surface area contributed by atoms with E-state index in [2.05, 4.69) is 15.6 Å². The molecule has 8 nitrogen and oxygen atoms in total. The van der Waals surface area contributed by atoms with Crippen molar-refractivity contribution in [3.63, 3.8) is 0 Å². The van der Waals surface area contributed by atoms with Crippen molar-refractivity contribution in [1.82, 2.24) is 20.2 Å². The van der Waals surface area contributed by atoms with E-state index in [1.165, 1.54) is 27.7 Å². The maximum atomic E-state index is 13.2. The van der Waals surface area contributed by atoms with Gasteiger partial charge in [-0.1, -0.05) is 42.1 Å². The second-order valence-corrected chi connectivity index (χ2v) is 8.98. The number of carbonyl (C=O) groups is 2. The molecule has 2 aromatic heterocycles. The Bertz CT molecular complexity index is 1280. The van der Waals surface area contributed by atoms with Crippen LogP contribution in [-0.2, 0) is 16.6 Å². The summed E-state index contributed by atoms with van der Waals surface area (Å²) in [4.78, 5) is 42.9. The number of rotatable bonds is 6. The SMILES string of the molecule is CCOC(=O)C1=C(CSc2nc3scc(-c4ccccc4)c3c(=O)n2C)NC(=O)N[C@@H]1C. The highest BCUT2D eigenvalue weighted by atomic mass is 32.2. The number of hydrogen-bond acceptors (Lipinski definition) is 7. The molecule has 32 heavy (non-hydrogen) atoms. The predicted molar refractivity (Wildman–Crippen MR) is 126 cm³/mol. The van der Waals surface area contributed by atoms with Crippen LogP contribution < -0.4 is 16.2 Å². The van der Waals surface area contributed by atoms with Crippen LogP contribution in [0.1, 0.15) is 13.8 Å². The molecule has 1 aliphatic heterocycles. The summed E-state index contributed by atoms with van der Waals surface area (Å²) in [7, 11) is 1.67. The lowest BCUT2D eigenvalue weighted by Crippen LogP contribution is -2.49. The molecule has 0 spiro atoms. The predicted octanol–water partition coefficient (Wildman–Crippen LogP) is 3.27. The van der Waals surface area contributed by atoms with Crippen LogP contribution in [0.5, 0.6) is 0 Å². The van der Waals surface area contributed by atoms with Gasteiger partial charge in [0, 0.05) is 29.4 Å². The number of hydrogen-bond donors (Lipinski definition) is 2. The highest BCUT2D eigenvalue weighted by molar-refractivity contribution is 7.99. The minimum atomic E-state index is -0.483. The van der Waals surface area contributed by atoms with E-state index in [1.54, 1.807) is 20.9 Å². The molecule has 3 aromatic rings. The molecule has 0 saturated heterocycles. The molecule has 0 aliphatic carbocycles. The topological polar surface area (TPSA) is 102 Å². The lowest BCUT2D eigenvalue weighted by Gasteiger charge is -2.26. The van der Waals surface area contributed by atoms with Crippen molar-refractivity contribution in [2.24, 2.45) is 7.05 Å². The third kappa shape index (κ3) is 4.15. The fourth-order valence-electron chi connectivity index (χ4n) is 3.54. The summed E-state index contributed by atoms with van der Waals surface area (Å²) >= 11 is 2.70. The number of urea groups is 1. The number of thioether (sulfide) groups is 1. The van der Waals surface area contributed by atoms with Crippen LogP contribution in [0.2, 0.25) is 0 Å². The van der Waals surface area contributed by atoms with Crippen molar-refractivity contribution in [1.29, 1.82) is 0 Å². The lowest BCUT2D eigenvalue weighted by atomic mass is 10.1. The number of nitrogens with zero attached hydrogens (tertiary/aromatic N) is 2. The van der Waals surface area contributed by atoms with E-state index < -0.39 is 12.0 Å². The third-order valence-corrected chi connectivity index (χ3v) is 7.00. The number of nitrogens with one attached hydrogen (secondary N) is 2. The van der Waals surface area contributed by atoms with Gasteiger partial charge in [-0.25, -0.2) is 14.6 Å². The van der Waals surface area contributed by atoms with Gasteiger partial charge in [0.1, 0.15) is 4.83 Å². The van der Waals surface area contributed by atoms with Gasteiger partial charge >= 0.3 is 12.0 Å². The molecule has 10 heteroatoms. The molecule has 0 radical (unpaired) electrons. The van der Waals surface area contributed by atoms with Crippen LogP contribution in [0.15, 0.2) is 56.9 Å². The third-order valence-electron chi connectivity index (χ3n) is 5.07. The van der Waals surface area contributed by atoms with Gasteiger partial charge in [-0.05, 0) is 19.4 Å². The largest absolute Gasteiger partial charge is 0.463 e. The second kappa shape index (κ2) is 9.17. The Hall–Kier alpha value is -3.11. The Kier molecular flexibility index (Phi) is 6.33. The Balaban J connectivity index is 1.68. The van der Waals surface area contributed by atoms with Gasteiger partial charge in [-0.15, -0.1) is 11.3 Å². The standard InChI is InChI=1S/C22H22N4O4S2/c1-4-30-20(28)16-12(2)23-21(29)24-15(16)11-32-22-25-18-17(19(27)26(22)3)14(10-31-18)13-8-6-5-7-9-13/h5-10,12H,4,11H2,1-3H3,(H2,23,24,29)/t12-/m1/s1. The van der Waals surface area contributed by atoms with Crippen molar-refractivity contribution < 1.29 is 14.3 Å². The molecular weight excluding hydrogens is 448 g/mol. The first-order valence-electron chi connectivity index (χ1n) is 10.0. The summed E-state index contributed by atoms with van der Waals surface area (Å²) < 4.78 is 6.65.